The molecule has 0 rings (SSSR count). The summed E-state index contributed by atoms with van der Waals surface area (Å²) in [5.74, 6) is -0.240. The summed E-state index contributed by atoms with van der Waals surface area (Å²) < 4.78 is 23.3. The van der Waals surface area contributed by atoms with Gasteiger partial charge in [0.25, 0.3) is 7.82 Å². The van der Waals surface area contributed by atoms with E-state index < -0.39 is 26.6 Å². The van der Waals surface area contributed by atoms with E-state index in [1.165, 1.54) is 141 Å². The number of allylic oxidation sites excluding steroid dienone is 13. The summed E-state index contributed by atoms with van der Waals surface area (Å²) in [5, 5.41) is 13.8. The minimum atomic E-state index is -4.62. The second-order valence-corrected chi connectivity index (χ2v) is 21.7. The molecule has 9 heteroatoms. The standard InChI is InChI=1S/C60H109N2O6P/c1-6-8-10-12-14-16-18-20-22-24-26-27-28-29-30-31-32-33-34-36-37-39-41-43-45-47-49-51-53-59(63)58(57-68-69(65,66)67-56-55-62(3,4)5)61-60(64)54-52-50-48-46-44-42-40-38-35-25-23-21-19-17-15-13-11-9-7-2/h9,11,15,17,21,23,35,38,42-45,51,53,58-59,63H,6-8,10,12-14,16,18-20,22,24-34,36-37,39-41,46-50,52,54-57H2,1-5H3,(H-,61,64,65,66)/b11-9-,17-15-,23-21-,38-35-,44-42-,45-43+,53-51+. The number of aliphatic hydroxyl groups is 1. The van der Waals surface area contributed by atoms with Crippen molar-refractivity contribution < 1.29 is 32.9 Å². The first-order valence-electron chi connectivity index (χ1n) is 28.4. The van der Waals surface area contributed by atoms with Gasteiger partial charge in [0.15, 0.2) is 0 Å². The molecule has 2 N–H and O–H groups in total. The van der Waals surface area contributed by atoms with Gasteiger partial charge in [-0.1, -0.05) is 240 Å². The molecule has 0 aliphatic carbocycles. The van der Waals surface area contributed by atoms with Crippen molar-refractivity contribution in [2.45, 2.75) is 251 Å². The number of rotatable bonds is 51. The highest BCUT2D eigenvalue weighted by molar-refractivity contribution is 7.45. The predicted octanol–water partition coefficient (Wildman–Crippen LogP) is 16.6. The molecule has 0 aromatic rings. The Morgan fingerprint density at radius 3 is 1.35 bits per heavy atom. The zero-order valence-corrected chi connectivity index (χ0v) is 46.4. The molecule has 3 atom stereocenters. The molecule has 3 unspecified atom stereocenters. The summed E-state index contributed by atoms with van der Waals surface area (Å²) in [4.78, 5) is 25.4. The molecule has 0 aliphatic rings. The highest BCUT2D eigenvalue weighted by atomic mass is 31.2. The second kappa shape index (κ2) is 50.6. The van der Waals surface area contributed by atoms with Gasteiger partial charge < -0.3 is 28.8 Å². The van der Waals surface area contributed by atoms with Gasteiger partial charge in [-0.05, 0) is 77.0 Å². The van der Waals surface area contributed by atoms with Gasteiger partial charge in [0.2, 0.25) is 5.91 Å². The molecule has 0 saturated heterocycles. The maximum atomic E-state index is 12.9. The number of phosphoric ester groups is 1. The molecule has 0 radical (unpaired) electrons. The third-order valence-electron chi connectivity index (χ3n) is 12.3. The van der Waals surface area contributed by atoms with Gasteiger partial charge >= 0.3 is 0 Å². The third kappa shape index (κ3) is 53.3. The number of quaternary nitrogens is 1. The number of carbonyl (C=O) groups is 1. The van der Waals surface area contributed by atoms with Gasteiger partial charge in [0, 0.05) is 6.42 Å². The van der Waals surface area contributed by atoms with Crippen molar-refractivity contribution >= 4 is 13.7 Å². The molecular weight excluding hydrogens is 876 g/mol. The van der Waals surface area contributed by atoms with E-state index >= 15 is 0 Å². The average molecular weight is 986 g/mol. The Morgan fingerprint density at radius 2 is 0.899 bits per heavy atom. The number of nitrogens with one attached hydrogen (secondary N) is 1. The zero-order chi connectivity index (χ0) is 50.6. The Hall–Kier alpha value is -2.32. The van der Waals surface area contributed by atoms with Crippen molar-refractivity contribution in [3.05, 3.63) is 85.1 Å². The van der Waals surface area contributed by atoms with Gasteiger partial charge in [-0.25, -0.2) is 0 Å². The van der Waals surface area contributed by atoms with Crippen molar-refractivity contribution in [2.75, 3.05) is 40.9 Å². The highest BCUT2D eigenvalue weighted by Gasteiger charge is 2.23. The van der Waals surface area contributed by atoms with E-state index in [1.54, 1.807) is 6.08 Å². The predicted molar refractivity (Wildman–Crippen MR) is 297 cm³/mol. The van der Waals surface area contributed by atoms with Crippen LogP contribution < -0.4 is 10.2 Å². The average Bonchev–Trinajstić information content (AvgIpc) is 3.31. The summed E-state index contributed by atoms with van der Waals surface area (Å²) in [6.45, 7) is 4.49. The highest BCUT2D eigenvalue weighted by Crippen LogP contribution is 2.38. The van der Waals surface area contributed by atoms with Gasteiger partial charge in [0.1, 0.15) is 13.2 Å². The van der Waals surface area contributed by atoms with Gasteiger partial charge in [-0.3, -0.25) is 9.36 Å². The maximum Gasteiger partial charge on any atom is 0.268 e. The number of amides is 1. The number of unbranched alkanes of at least 4 members (excludes halogenated alkanes) is 26. The lowest BCUT2D eigenvalue weighted by atomic mass is 10.0. The van der Waals surface area contributed by atoms with Crippen molar-refractivity contribution in [1.29, 1.82) is 0 Å². The van der Waals surface area contributed by atoms with Gasteiger partial charge in [0.05, 0.1) is 39.9 Å². The molecule has 0 aliphatic heterocycles. The normalized spacial score (nSPS) is 14.6. The lowest BCUT2D eigenvalue weighted by Gasteiger charge is -2.29. The zero-order valence-electron chi connectivity index (χ0n) is 45.5. The smallest absolute Gasteiger partial charge is 0.268 e. The Balaban J connectivity index is 4.30. The Morgan fingerprint density at radius 1 is 0.522 bits per heavy atom. The first kappa shape index (κ1) is 66.7. The number of aliphatic hydroxyl groups excluding tert-OH is 1. The summed E-state index contributed by atoms with van der Waals surface area (Å²) in [7, 11) is 1.21. The molecule has 0 spiro atoms. The number of hydrogen-bond acceptors (Lipinski definition) is 6. The molecule has 1 amide bonds. The summed E-state index contributed by atoms with van der Waals surface area (Å²) in [5.41, 5.74) is 0. The molecular formula is C60H109N2O6P. The molecule has 0 fully saturated rings. The third-order valence-corrected chi connectivity index (χ3v) is 13.3. The van der Waals surface area contributed by atoms with Crippen LogP contribution in [0, 0.1) is 0 Å². The molecule has 400 valence electrons. The molecule has 8 nitrogen and oxygen atoms in total. The van der Waals surface area contributed by atoms with Crippen LogP contribution in [0.5, 0.6) is 0 Å². The summed E-state index contributed by atoms with van der Waals surface area (Å²) in [6, 6.07) is -0.927. The van der Waals surface area contributed by atoms with Crippen LogP contribution in [0.2, 0.25) is 0 Å². The van der Waals surface area contributed by atoms with Crippen LogP contribution in [-0.4, -0.2) is 68.5 Å². The minimum absolute atomic E-state index is 0.0173. The van der Waals surface area contributed by atoms with E-state index in [9.17, 15) is 19.4 Å². The fraction of sp³-hybridized carbons (Fsp3) is 0.750. The van der Waals surface area contributed by atoms with Crippen molar-refractivity contribution in [3.8, 4) is 0 Å². The Kier molecular flexibility index (Phi) is 48.9. The Labute approximate surface area is 426 Å². The van der Waals surface area contributed by atoms with Crippen LogP contribution in [0.15, 0.2) is 85.1 Å². The minimum Gasteiger partial charge on any atom is -0.756 e. The fourth-order valence-corrected chi connectivity index (χ4v) is 8.62. The van der Waals surface area contributed by atoms with E-state index in [1.807, 2.05) is 27.2 Å². The number of carbonyl (C=O) groups excluding carboxylic acids is 1. The van der Waals surface area contributed by atoms with E-state index in [2.05, 4.69) is 92.1 Å². The van der Waals surface area contributed by atoms with Crippen LogP contribution in [-0.2, 0) is 18.4 Å². The van der Waals surface area contributed by atoms with Crippen molar-refractivity contribution in [3.63, 3.8) is 0 Å². The number of nitrogens with zero attached hydrogens (tertiary/aromatic N) is 1. The number of hydrogen-bond donors (Lipinski definition) is 2. The molecule has 0 aromatic heterocycles. The lowest BCUT2D eigenvalue weighted by Crippen LogP contribution is -2.45. The van der Waals surface area contributed by atoms with E-state index in [0.29, 0.717) is 17.4 Å². The van der Waals surface area contributed by atoms with Crippen LogP contribution in [0.4, 0.5) is 0 Å². The molecule has 0 aromatic carbocycles. The largest absolute Gasteiger partial charge is 0.756 e. The van der Waals surface area contributed by atoms with Crippen LogP contribution in [0.3, 0.4) is 0 Å². The topological polar surface area (TPSA) is 108 Å². The van der Waals surface area contributed by atoms with Crippen LogP contribution in [0.25, 0.3) is 0 Å². The summed E-state index contributed by atoms with van der Waals surface area (Å²) >= 11 is 0. The molecule has 0 heterocycles. The van der Waals surface area contributed by atoms with E-state index in [0.717, 1.165) is 70.6 Å². The number of likely N-dealkylation sites (N-methyl/N-ethyl adjacent to an activating group) is 1. The van der Waals surface area contributed by atoms with E-state index in [-0.39, 0.29) is 18.9 Å². The fourth-order valence-electron chi connectivity index (χ4n) is 7.90. The first-order chi connectivity index (χ1) is 33.5. The monoisotopic (exact) mass is 985 g/mol. The first-order valence-corrected chi connectivity index (χ1v) is 29.9. The second-order valence-electron chi connectivity index (χ2n) is 20.3. The SMILES string of the molecule is CC/C=C\C/C=C\C/C=C\C/C=C\C/C=C\CCCCCC(=O)NC(COP(=O)([O-])OCC[N+](C)(C)C)C(O)/C=C/CC/C=C/CCCCCCCCCCCCCCCCCCCCCCCC. The van der Waals surface area contributed by atoms with Crippen LogP contribution >= 0.6 is 7.82 Å². The number of phosphoric acid groups is 1. The summed E-state index contributed by atoms with van der Waals surface area (Å²) in [6.07, 6.45) is 71.0. The van der Waals surface area contributed by atoms with Crippen LogP contribution in [0.1, 0.15) is 239 Å². The Bertz CT molecular complexity index is 1400. The molecule has 69 heavy (non-hydrogen) atoms. The molecule has 0 bridgehead atoms. The maximum absolute atomic E-state index is 12.9. The van der Waals surface area contributed by atoms with Gasteiger partial charge in [-0.2, -0.15) is 0 Å². The van der Waals surface area contributed by atoms with E-state index in [4.69, 9.17) is 9.05 Å². The van der Waals surface area contributed by atoms with Crippen molar-refractivity contribution in [2.24, 2.45) is 0 Å². The van der Waals surface area contributed by atoms with Crippen molar-refractivity contribution in [1.82, 2.24) is 5.32 Å². The van der Waals surface area contributed by atoms with Gasteiger partial charge in [-0.15, -0.1) is 0 Å². The quantitative estimate of drug-likeness (QED) is 0.0272. The lowest BCUT2D eigenvalue weighted by molar-refractivity contribution is -0.870. The molecule has 0 saturated carbocycles.